The van der Waals surface area contributed by atoms with Crippen molar-refractivity contribution in [2.45, 2.75) is 32.4 Å². The zero-order valence-corrected chi connectivity index (χ0v) is 12.0. The summed E-state index contributed by atoms with van der Waals surface area (Å²) >= 11 is 0. The van der Waals surface area contributed by atoms with Crippen LogP contribution in [0.2, 0.25) is 0 Å². The Morgan fingerprint density at radius 2 is 2.21 bits per heavy atom. The second kappa shape index (κ2) is 7.68. The highest BCUT2D eigenvalue weighted by atomic mass is 35.5. The van der Waals surface area contributed by atoms with E-state index in [0.717, 1.165) is 44.1 Å². The lowest BCUT2D eigenvalue weighted by Gasteiger charge is -2.28. The van der Waals surface area contributed by atoms with Gasteiger partial charge in [0, 0.05) is 25.2 Å². The number of rotatable bonds is 5. The molecule has 19 heavy (non-hydrogen) atoms. The van der Waals surface area contributed by atoms with Gasteiger partial charge >= 0.3 is 0 Å². The third kappa shape index (κ3) is 4.64. The molecule has 5 heteroatoms. The Morgan fingerprint density at radius 1 is 1.42 bits per heavy atom. The molecule has 1 aliphatic rings. The molecule has 1 fully saturated rings. The summed E-state index contributed by atoms with van der Waals surface area (Å²) in [6.45, 7) is 5.91. The van der Waals surface area contributed by atoms with Crippen LogP contribution in [0.4, 0.5) is 4.39 Å². The average Bonchev–Trinajstić information content (AvgIpc) is 2.80. The van der Waals surface area contributed by atoms with E-state index in [0.29, 0.717) is 12.6 Å². The van der Waals surface area contributed by atoms with Gasteiger partial charge in [0.15, 0.2) is 0 Å². The molecule has 0 amide bonds. The predicted molar refractivity (Wildman–Crippen MR) is 77.3 cm³/mol. The van der Waals surface area contributed by atoms with Crippen molar-refractivity contribution in [2.24, 2.45) is 0 Å². The summed E-state index contributed by atoms with van der Waals surface area (Å²) in [4.78, 5) is 2.37. The lowest BCUT2D eigenvalue weighted by atomic mass is 10.1. The number of phenolic OH excluding ortho intramolecular Hbond substituents is 1. The highest BCUT2D eigenvalue weighted by Gasteiger charge is 2.21. The summed E-state index contributed by atoms with van der Waals surface area (Å²) in [6.07, 6.45) is 2.22. The van der Waals surface area contributed by atoms with Crippen LogP contribution in [0.25, 0.3) is 0 Å². The Balaban J connectivity index is 0.00000180. The molecule has 2 N–H and O–H groups in total. The van der Waals surface area contributed by atoms with E-state index in [1.807, 2.05) is 0 Å². The number of aromatic hydroxyl groups is 1. The number of phenols is 1. The third-order valence-electron chi connectivity index (χ3n) is 3.39. The van der Waals surface area contributed by atoms with Gasteiger partial charge in [-0.25, -0.2) is 4.39 Å². The molecule has 1 aliphatic heterocycles. The van der Waals surface area contributed by atoms with Gasteiger partial charge in [0.1, 0.15) is 11.6 Å². The monoisotopic (exact) mass is 288 g/mol. The van der Waals surface area contributed by atoms with Gasteiger partial charge in [-0.15, -0.1) is 12.4 Å². The van der Waals surface area contributed by atoms with Crippen LogP contribution in [0.3, 0.4) is 0 Å². The first kappa shape index (κ1) is 16.2. The molecular formula is C14H22ClFN2O. The summed E-state index contributed by atoms with van der Waals surface area (Å²) < 4.78 is 13.3. The number of nitrogens with zero attached hydrogens (tertiary/aromatic N) is 1. The maximum atomic E-state index is 13.3. The van der Waals surface area contributed by atoms with E-state index in [4.69, 9.17) is 0 Å². The van der Waals surface area contributed by atoms with Gasteiger partial charge < -0.3 is 10.4 Å². The van der Waals surface area contributed by atoms with Crippen LogP contribution in [0.1, 0.15) is 25.3 Å². The molecule has 2 rings (SSSR count). The highest BCUT2D eigenvalue weighted by molar-refractivity contribution is 5.85. The summed E-state index contributed by atoms with van der Waals surface area (Å²) in [5.74, 6) is -0.364. The van der Waals surface area contributed by atoms with Crippen LogP contribution < -0.4 is 5.32 Å². The van der Waals surface area contributed by atoms with Crippen molar-refractivity contribution in [1.82, 2.24) is 10.2 Å². The van der Waals surface area contributed by atoms with Crippen molar-refractivity contribution in [3.8, 4) is 5.75 Å². The van der Waals surface area contributed by atoms with Crippen LogP contribution in [0.5, 0.6) is 5.75 Å². The Bertz CT molecular complexity index is 377. The molecule has 1 aromatic rings. The predicted octanol–water partition coefficient (Wildman–Crippen LogP) is 2.53. The number of benzene rings is 1. The minimum absolute atomic E-state index is 0. The fourth-order valence-corrected chi connectivity index (χ4v) is 2.59. The largest absolute Gasteiger partial charge is 0.508 e. The lowest BCUT2D eigenvalue weighted by molar-refractivity contribution is 0.199. The SMILES string of the molecule is CCCN(Cc1cc(O)cc(F)c1)C1CCNC1.Cl. The van der Waals surface area contributed by atoms with Gasteiger partial charge in [0.2, 0.25) is 0 Å². The number of halogens is 2. The van der Waals surface area contributed by atoms with Gasteiger partial charge in [-0.2, -0.15) is 0 Å². The van der Waals surface area contributed by atoms with E-state index in [9.17, 15) is 9.50 Å². The van der Waals surface area contributed by atoms with Crippen molar-refractivity contribution in [2.75, 3.05) is 19.6 Å². The zero-order valence-electron chi connectivity index (χ0n) is 11.2. The molecule has 1 atom stereocenters. The van der Waals surface area contributed by atoms with Gasteiger partial charge in [-0.3, -0.25) is 4.90 Å². The van der Waals surface area contributed by atoms with Crippen LogP contribution in [-0.4, -0.2) is 35.7 Å². The smallest absolute Gasteiger partial charge is 0.127 e. The second-order valence-corrected chi connectivity index (χ2v) is 4.93. The maximum Gasteiger partial charge on any atom is 0.127 e. The van der Waals surface area contributed by atoms with Gasteiger partial charge in [-0.05, 0) is 43.6 Å². The standard InChI is InChI=1S/C14H21FN2O.ClH/c1-2-5-17(13-3-4-16-9-13)10-11-6-12(15)8-14(18)7-11;/h6-8,13,16,18H,2-5,9-10H2,1H3;1H. The van der Waals surface area contributed by atoms with E-state index in [-0.39, 0.29) is 24.0 Å². The van der Waals surface area contributed by atoms with Crippen LogP contribution in [0.15, 0.2) is 18.2 Å². The van der Waals surface area contributed by atoms with Crippen LogP contribution >= 0.6 is 12.4 Å². The molecule has 0 saturated carbocycles. The Hall–Kier alpha value is -0.840. The molecule has 3 nitrogen and oxygen atoms in total. The molecule has 0 aromatic heterocycles. The molecule has 0 spiro atoms. The second-order valence-electron chi connectivity index (χ2n) is 4.93. The van der Waals surface area contributed by atoms with E-state index in [1.54, 1.807) is 6.07 Å². The topological polar surface area (TPSA) is 35.5 Å². The molecule has 1 saturated heterocycles. The molecule has 1 aromatic carbocycles. The molecule has 1 heterocycles. The van der Waals surface area contributed by atoms with Gasteiger partial charge in [0.25, 0.3) is 0 Å². The summed E-state index contributed by atoms with van der Waals surface area (Å²) in [5, 5.41) is 12.8. The minimum atomic E-state index is -0.369. The summed E-state index contributed by atoms with van der Waals surface area (Å²) in [7, 11) is 0. The van der Waals surface area contributed by atoms with E-state index in [2.05, 4.69) is 17.1 Å². The van der Waals surface area contributed by atoms with Crippen LogP contribution in [0, 0.1) is 5.82 Å². The highest BCUT2D eigenvalue weighted by Crippen LogP contribution is 2.19. The Labute approximate surface area is 120 Å². The van der Waals surface area contributed by atoms with Crippen molar-refractivity contribution < 1.29 is 9.50 Å². The van der Waals surface area contributed by atoms with Crippen molar-refractivity contribution in [1.29, 1.82) is 0 Å². The quantitative estimate of drug-likeness (QED) is 0.874. The molecule has 0 radical (unpaired) electrons. The first-order valence-electron chi connectivity index (χ1n) is 6.62. The average molecular weight is 289 g/mol. The lowest BCUT2D eigenvalue weighted by Crippen LogP contribution is -2.36. The zero-order chi connectivity index (χ0) is 13.0. The van der Waals surface area contributed by atoms with E-state index in [1.165, 1.54) is 6.07 Å². The van der Waals surface area contributed by atoms with Crippen molar-refractivity contribution >= 4 is 12.4 Å². The van der Waals surface area contributed by atoms with Crippen molar-refractivity contribution in [3.63, 3.8) is 0 Å². The van der Waals surface area contributed by atoms with E-state index >= 15 is 0 Å². The van der Waals surface area contributed by atoms with Gasteiger partial charge in [0.05, 0.1) is 0 Å². The summed E-state index contributed by atoms with van der Waals surface area (Å²) in [6, 6.07) is 4.82. The fourth-order valence-electron chi connectivity index (χ4n) is 2.59. The number of hydrogen-bond donors (Lipinski definition) is 2. The fraction of sp³-hybridized carbons (Fsp3) is 0.571. The molecular weight excluding hydrogens is 267 g/mol. The maximum absolute atomic E-state index is 13.3. The van der Waals surface area contributed by atoms with Gasteiger partial charge in [-0.1, -0.05) is 6.92 Å². The number of nitrogens with one attached hydrogen (secondary N) is 1. The molecule has 0 bridgehead atoms. The van der Waals surface area contributed by atoms with Crippen molar-refractivity contribution in [3.05, 3.63) is 29.6 Å². The summed E-state index contributed by atoms with van der Waals surface area (Å²) in [5.41, 5.74) is 0.841. The molecule has 108 valence electrons. The normalized spacial score (nSPS) is 18.6. The first-order valence-corrected chi connectivity index (χ1v) is 6.62. The van der Waals surface area contributed by atoms with E-state index < -0.39 is 0 Å². The first-order chi connectivity index (χ1) is 8.69. The van der Waals surface area contributed by atoms with Crippen LogP contribution in [-0.2, 0) is 6.54 Å². The molecule has 0 aliphatic carbocycles. The molecule has 1 unspecified atom stereocenters. The Kier molecular flexibility index (Phi) is 6.55. The minimum Gasteiger partial charge on any atom is -0.508 e. The Morgan fingerprint density at radius 3 is 2.79 bits per heavy atom. The third-order valence-corrected chi connectivity index (χ3v) is 3.39. The number of hydrogen-bond acceptors (Lipinski definition) is 3.